The SMILES string of the molecule is CC(C)(F)c1nc(N)nc(NCCOc2cccc(F)c2)n1. The fraction of sp³-hybridized carbons (Fsp3) is 0.357. The maximum Gasteiger partial charge on any atom is 0.227 e. The van der Waals surface area contributed by atoms with Gasteiger partial charge < -0.3 is 15.8 Å². The first kappa shape index (κ1) is 15.9. The van der Waals surface area contributed by atoms with Crippen LogP contribution in [0.2, 0.25) is 0 Å². The van der Waals surface area contributed by atoms with Crippen molar-refractivity contribution in [2.75, 3.05) is 24.2 Å². The quantitative estimate of drug-likeness (QED) is 0.796. The van der Waals surface area contributed by atoms with Crippen LogP contribution < -0.4 is 15.8 Å². The molecule has 0 bridgehead atoms. The molecule has 0 atom stereocenters. The standard InChI is InChI=1S/C14H17F2N5O/c1-14(2,16)11-19-12(17)21-13(20-11)18-6-7-22-10-5-3-4-9(15)8-10/h3-5,8H,6-7H2,1-2H3,(H3,17,18,19,20,21). The lowest BCUT2D eigenvalue weighted by molar-refractivity contribution is 0.206. The molecule has 118 valence electrons. The number of rotatable bonds is 6. The molecule has 0 saturated heterocycles. The lowest BCUT2D eigenvalue weighted by Crippen LogP contribution is -2.20. The summed E-state index contributed by atoms with van der Waals surface area (Å²) in [6, 6.07) is 5.82. The van der Waals surface area contributed by atoms with Gasteiger partial charge in [-0.3, -0.25) is 0 Å². The molecule has 0 aliphatic carbocycles. The second-order valence-corrected chi connectivity index (χ2v) is 5.05. The molecular formula is C14H17F2N5O. The van der Waals surface area contributed by atoms with Crippen molar-refractivity contribution in [1.29, 1.82) is 0 Å². The molecule has 1 aromatic heterocycles. The van der Waals surface area contributed by atoms with E-state index in [2.05, 4.69) is 20.3 Å². The molecule has 0 radical (unpaired) electrons. The molecule has 0 spiro atoms. The highest BCUT2D eigenvalue weighted by molar-refractivity contribution is 5.32. The van der Waals surface area contributed by atoms with Gasteiger partial charge in [0.2, 0.25) is 11.9 Å². The van der Waals surface area contributed by atoms with Crippen molar-refractivity contribution in [2.45, 2.75) is 19.5 Å². The van der Waals surface area contributed by atoms with Gasteiger partial charge in [0, 0.05) is 6.07 Å². The molecule has 0 saturated carbocycles. The van der Waals surface area contributed by atoms with Gasteiger partial charge >= 0.3 is 0 Å². The van der Waals surface area contributed by atoms with E-state index in [-0.39, 0.29) is 30.1 Å². The van der Waals surface area contributed by atoms with Crippen molar-refractivity contribution in [1.82, 2.24) is 15.0 Å². The Morgan fingerprint density at radius 1 is 1.27 bits per heavy atom. The number of alkyl halides is 1. The van der Waals surface area contributed by atoms with Crippen LogP contribution in [0.3, 0.4) is 0 Å². The van der Waals surface area contributed by atoms with Crippen molar-refractivity contribution in [2.24, 2.45) is 0 Å². The zero-order chi connectivity index (χ0) is 16.2. The Morgan fingerprint density at radius 3 is 2.73 bits per heavy atom. The minimum absolute atomic E-state index is 0.0476. The van der Waals surface area contributed by atoms with Gasteiger partial charge in [-0.2, -0.15) is 15.0 Å². The van der Waals surface area contributed by atoms with Gasteiger partial charge in [-0.05, 0) is 26.0 Å². The Morgan fingerprint density at radius 2 is 2.05 bits per heavy atom. The highest BCUT2D eigenvalue weighted by atomic mass is 19.1. The monoisotopic (exact) mass is 309 g/mol. The van der Waals surface area contributed by atoms with Gasteiger partial charge in [0.25, 0.3) is 0 Å². The van der Waals surface area contributed by atoms with Crippen LogP contribution in [0.25, 0.3) is 0 Å². The Hall–Kier alpha value is -2.51. The van der Waals surface area contributed by atoms with Crippen LogP contribution in [0, 0.1) is 5.82 Å². The summed E-state index contributed by atoms with van der Waals surface area (Å²) >= 11 is 0. The summed E-state index contributed by atoms with van der Waals surface area (Å²) in [6.45, 7) is 3.26. The van der Waals surface area contributed by atoms with E-state index in [1.54, 1.807) is 12.1 Å². The summed E-state index contributed by atoms with van der Waals surface area (Å²) in [4.78, 5) is 11.6. The average molecular weight is 309 g/mol. The molecule has 3 N–H and O–H groups in total. The summed E-state index contributed by atoms with van der Waals surface area (Å²) < 4.78 is 32.2. The van der Waals surface area contributed by atoms with E-state index in [1.165, 1.54) is 26.0 Å². The van der Waals surface area contributed by atoms with Gasteiger partial charge in [-0.15, -0.1) is 0 Å². The summed E-state index contributed by atoms with van der Waals surface area (Å²) in [5, 5.41) is 2.86. The molecule has 0 aliphatic heterocycles. The van der Waals surface area contributed by atoms with Gasteiger partial charge in [0.15, 0.2) is 11.5 Å². The van der Waals surface area contributed by atoms with Crippen LogP contribution in [0.4, 0.5) is 20.7 Å². The second-order valence-electron chi connectivity index (χ2n) is 5.05. The Balaban J connectivity index is 1.90. The fourth-order valence-electron chi connectivity index (χ4n) is 1.63. The fourth-order valence-corrected chi connectivity index (χ4v) is 1.63. The summed E-state index contributed by atoms with van der Waals surface area (Å²) in [5.41, 5.74) is 3.81. The Bertz CT molecular complexity index is 645. The molecule has 22 heavy (non-hydrogen) atoms. The van der Waals surface area contributed by atoms with Crippen LogP contribution in [-0.4, -0.2) is 28.1 Å². The number of halogens is 2. The first-order chi connectivity index (χ1) is 10.3. The van der Waals surface area contributed by atoms with Crippen molar-refractivity contribution in [3.8, 4) is 5.75 Å². The number of nitrogens with two attached hydrogens (primary N) is 1. The molecule has 0 fully saturated rings. The maximum atomic E-state index is 13.8. The number of nitrogens with one attached hydrogen (secondary N) is 1. The van der Waals surface area contributed by atoms with E-state index in [0.717, 1.165) is 0 Å². The topological polar surface area (TPSA) is 86.0 Å². The maximum absolute atomic E-state index is 13.8. The highest BCUT2D eigenvalue weighted by Gasteiger charge is 2.24. The summed E-state index contributed by atoms with van der Waals surface area (Å²) in [7, 11) is 0. The lowest BCUT2D eigenvalue weighted by Gasteiger charge is -2.14. The van der Waals surface area contributed by atoms with Crippen LogP contribution in [0.5, 0.6) is 5.75 Å². The van der Waals surface area contributed by atoms with Gasteiger partial charge in [-0.1, -0.05) is 6.07 Å². The van der Waals surface area contributed by atoms with E-state index in [0.29, 0.717) is 12.3 Å². The number of ether oxygens (including phenoxy) is 1. The van der Waals surface area contributed by atoms with Crippen LogP contribution in [-0.2, 0) is 5.67 Å². The smallest absolute Gasteiger partial charge is 0.227 e. The van der Waals surface area contributed by atoms with E-state index in [1.807, 2.05) is 0 Å². The minimum Gasteiger partial charge on any atom is -0.492 e. The largest absolute Gasteiger partial charge is 0.492 e. The number of hydrogen-bond donors (Lipinski definition) is 2. The molecule has 6 nitrogen and oxygen atoms in total. The minimum atomic E-state index is -1.72. The lowest BCUT2D eigenvalue weighted by atomic mass is 10.1. The average Bonchev–Trinajstić information content (AvgIpc) is 2.42. The number of aromatic nitrogens is 3. The van der Waals surface area contributed by atoms with E-state index in [4.69, 9.17) is 10.5 Å². The zero-order valence-corrected chi connectivity index (χ0v) is 12.3. The molecule has 2 aromatic rings. The molecule has 0 aliphatic rings. The molecule has 1 aromatic carbocycles. The number of nitrogens with zero attached hydrogens (tertiary/aromatic N) is 3. The Kier molecular flexibility index (Phi) is 4.69. The third kappa shape index (κ3) is 4.51. The molecule has 1 heterocycles. The first-order valence-corrected chi connectivity index (χ1v) is 6.68. The first-order valence-electron chi connectivity index (χ1n) is 6.68. The molecular weight excluding hydrogens is 292 g/mol. The molecule has 8 heteroatoms. The van der Waals surface area contributed by atoms with Gasteiger partial charge in [-0.25, -0.2) is 8.78 Å². The predicted octanol–water partition coefficient (Wildman–Crippen LogP) is 2.29. The number of anilines is 2. The van der Waals surface area contributed by atoms with Crippen LogP contribution in [0.15, 0.2) is 24.3 Å². The second kappa shape index (κ2) is 6.50. The third-order valence-electron chi connectivity index (χ3n) is 2.63. The van der Waals surface area contributed by atoms with Gasteiger partial charge in [0.1, 0.15) is 18.2 Å². The van der Waals surface area contributed by atoms with Crippen molar-refractivity contribution < 1.29 is 13.5 Å². The highest BCUT2D eigenvalue weighted by Crippen LogP contribution is 2.21. The molecule has 0 unspecified atom stereocenters. The van der Waals surface area contributed by atoms with Crippen molar-refractivity contribution >= 4 is 11.9 Å². The Labute approximate surface area is 126 Å². The van der Waals surface area contributed by atoms with E-state index < -0.39 is 5.67 Å². The normalized spacial score (nSPS) is 11.3. The number of nitrogen functional groups attached to an aromatic ring is 1. The number of hydrogen-bond acceptors (Lipinski definition) is 6. The summed E-state index contributed by atoms with van der Waals surface area (Å²) in [5.74, 6) is 0.0990. The summed E-state index contributed by atoms with van der Waals surface area (Å²) in [6.07, 6.45) is 0. The third-order valence-corrected chi connectivity index (χ3v) is 2.63. The zero-order valence-electron chi connectivity index (χ0n) is 12.3. The van der Waals surface area contributed by atoms with Crippen molar-refractivity contribution in [3.05, 3.63) is 35.9 Å². The number of benzene rings is 1. The van der Waals surface area contributed by atoms with Crippen molar-refractivity contribution in [3.63, 3.8) is 0 Å². The van der Waals surface area contributed by atoms with E-state index >= 15 is 0 Å². The molecule has 0 amide bonds. The van der Waals surface area contributed by atoms with Crippen LogP contribution >= 0.6 is 0 Å². The molecule has 2 rings (SSSR count). The van der Waals surface area contributed by atoms with Crippen LogP contribution in [0.1, 0.15) is 19.7 Å². The predicted molar refractivity (Wildman–Crippen MR) is 78.8 cm³/mol. The van der Waals surface area contributed by atoms with Gasteiger partial charge in [0.05, 0.1) is 6.54 Å². The van der Waals surface area contributed by atoms with E-state index in [9.17, 15) is 8.78 Å².